The van der Waals surface area contributed by atoms with E-state index in [0.29, 0.717) is 151 Å². The largest absolute Gasteiger partial charge is 0.382 e. The van der Waals surface area contributed by atoms with Gasteiger partial charge in [-0.25, -0.2) is 0 Å². The number of hydrogen-bond acceptors (Lipinski definition) is 24. The summed E-state index contributed by atoms with van der Waals surface area (Å²) in [7, 11) is -3.29. The van der Waals surface area contributed by atoms with E-state index in [9.17, 15) is 0 Å². The Hall–Kier alpha value is -0.410. The van der Waals surface area contributed by atoms with Crippen molar-refractivity contribution < 1.29 is 98.2 Å². The Bertz CT molecular complexity index is 1360. The highest BCUT2D eigenvalue weighted by Crippen LogP contribution is 2.80. The summed E-state index contributed by atoms with van der Waals surface area (Å²) in [5.41, 5.74) is 0. The molecule has 1 unspecified atom stereocenters. The van der Waals surface area contributed by atoms with E-state index in [0.717, 1.165) is 12.8 Å². The molecule has 0 aromatic heterocycles. The summed E-state index contributed by atoms with van der Waals surface area (Å²) in [5.74, 6) is 1.06. The van der Waals surface area contributed by atoms with Gasteiger partial charge in [0.25, 0.3) is 0 Å². The molecule has 2 bridgehead atoms. The predicted molar refractivity (Wildman–Crippen MR) is 260 cm³/mol. The molecule has 3 rings (SSSR count). The van der Waals surface area contributed by atoms with Crippen molar-refractivity contribution in [1.82, 2.24) is 0 Å². The van der Waals surface area contributed by atoms with Crippen molar-refractivity contribution in [3.05, 3.63) is 12.2 Å². The zero-order chi connectivity index (χ0) is 50.0. The van der Waals surface area contributed by atoms with Gasteiger partial charge in [0, 0.05) is 35.5 Å². The predicted octanol–water partition coefficient (Wildman–Crippen LogP) is 5.55. The van der Waals surface area contributed by atoms with Gasteiger partial charge in [0.2, 0.25) is 0 Å². The molecular formula is C43H86N3O21P3. The quantitative estimate of drug-likeness (QED) is 0.0413. The number of hydrogen-bond donors (Lipinski definition) is 0. The Balaban J connectivity index is 2.00. The second-order valence-electron chi connectivity index (χ2n) is 15.3. The van der Waals surface area contributed by atoms with Crippen LogP contribution in [0.15, 0.2) is 25.7 Å². The van der Waals surface area contributed by atoms with E-state index in [1.165, 1.54) is 0 Å². The second kappa shape index (κ2) is 42.8. The standard InChI is InChI=1S/C43H86N3O21P3/c1-47-8-13-52-18-23-57-28-33-62-68(63-34-29-58-24-19-53-14-9-48-2)44-69(64-35-30-59-25-20-54-15-10-49-3,65-36-31-60-26-21-55-16-11-50-4)46-70(45-68,66-37-32-61-27-22-56-17-12-51-5)67-40-43-39-41-6-7-42(43)38-41/h6-7,41-43H,8-40H2,1-5H3/t41-,42+,43+/m1/s1. The summed E-state index contributed by atoms with van der Waals surface area (Å²) in [4.78, 5) is 0. The molecular weight excluding hydrogens is 987 g/mol. The zero-order valence-corrected chi connectivity index (χ0v) is 45.2. The SMILES string of the molecule is COCCOCCOCCOP1(OCCOCCOCCOC)=NP(OCCOCCOCCOC)(OCCOCCOCCOC)=NP(OCCOCCOCCOC)(OC[C@@H]2C[C@@H]3C=C[C@H]2C3)=N1. The first kappa shape index (κ1) is 63.9. The van der Waals surface area contributed by atoms with Crippen LogP contribution in [0.1, 0.15) is 12.8 Å². The summed E-state index contributed by atoms with van der Waals surface area (Å²) < 4.78 is 139. The average Bonchev–Trinajstić information content (AvgIpc) is 4.00. The van der Waals surface area contributed by atoms with Gasteiger partial charge in [0.05, 0.1) is 205 Å². The first-order chi connectivity index (χ1) is 34.5. The molecule has 27 heteroatoms. The van der Waals surface area contributed by atoms with Gasteiger partial charge >= 0.3 is 23.0 Å². The van der Waals surface area contributed by atoms with Gasteiger partial charge in [0.15, 0.2) is 0 Å². The van der Waals surface area contributed by atoms with Crippen molar-refractivity contribution in [2.24, 2.45) is 31.3 Å². The normalized spacial score (nSPS) is 21.1. The molecule has 414 valence electrons. The molecule has 0 aromatic rings. The Labute approximate surface area is 416 Å². The third-order valence-electron chi connectivity index (χ3n) is 10.0. The molecule has 3 aliphatic rings. The first-order valence-corrected chi connectivity index (χ1v) is 28.8. The molecule has 1 fully saturated rings. The van der Waals surface area contributed by atoms with Crippen molar-refractivity contribution in [1.29, 1.82) is 0 Å². The van der Waals surface area contributed by atoms with E-state index in [4.69, 9.17) is 112 Å². The fourth-order valence-corrected chi connectivity index (χ4v) is 16.1. The van der Waals surface area contributed by atoms with Crippen LogP contribution in [0.2, 0.25) is 0 Å². The molecule has 70 heavy (non-hydrogen) atoms. The van der Waals surface area contributed by atoms with Gasteiger partial charge in [0.1, 0.15) is 0 Å². The molecule has 24 nitrogen and oxygen atoms in total. The van der Waals surface area contributed by atoms with E-state index in [1.807, 2.05) is 0 Å². The molecule has 0 amide bonds. The van der Waals surface area contributed by atoms with Crippen molar-refractivity contribution in [2.75, 3.05) is 240 Å². The minimum atomic E-state index is -3.81. The van der Waals surface area contributed by atoms with Gasteiger partial charge in [-0.1, -0.05) is 12.2 Å². The van der Waals surface area contributed by atoms with Crippen LogP contribution in [0.4, 0.5) is 0 Å². The lowest BCUT2D eigenvalue weighted by Crippen LogP contribution is -2.17. The van der Waals surface area contributed by atoms with Crippen molar-refractivity contribution in [3.8, 4) is 0 Å². The Kier molecular flexibility index (Phi) is 39.0. The van der Waals surface area contributed by atoms with Crippen LogP contribution < -0.4 is 0 Å². The Morgan fingerprint density at radius 3 is 0.771 bits per heavy atom. The summed E-state index contributed by atoms with van der Waals surface area (Å²) in [6.45, 7) is 9.40. The topological polar surface area (TPSA) is 231 Å². The maximum absolute atomic E-state index is 6.93. The smallest absolute Gasteiger partial charge is 0.349 e. The van der Waals surface area contributed by atoms with Crippen LogP contribution in [0.25, 0.3) is 0 Å². The molecule has 0 aromatic carbocycles. The number of allylic oxidation sites excluding steroid dienone is 2. The van der Waals surface area contributed by atoms with Crippen LogP contribution >= 0.6 is 23.0 Å². The fraction of sp³-hybridized carbons (Fsp3) is 0.953. The average molecular weight is 1070 g/mol. The maximum Gasteiger partial charge on any atom is 0.349 e. The van der Waals surface area contributed by atoms with Crippen LogP contribution in [-0.2, 0) is 98.2 Å². The van der Waals surface area contributed by atoms with E-state index < -0.39 is 23.0 Å². The maximum atomic E-state index is 6.93. The highest BCUT2D eigenvalue weighted by atomic mass is 31.3. The number of nitrogens with zero attached hydrogens (tertiary/aromatic N) is 3. The molecule has 0 saturated heterocycles. The lowest BCUT2D eigenvalue weighted by molar-refractivity contribution is 0.0122. The minimum Gasteiger partial charge on any atom is -0.382 e. The van der Waals surface area contributed by atoms with Crippen LogP contribution in [0.5, 0.6) is 0 Å². The molecule has 1 saturated carbocycles. The highest BCUT2D eigenvalue weighted by Gasteiger charge is 2.45. The number of methoxy groups -OCH3 is 5. The van der Waals surface area contributed by atoms with Crippen LogP contribution in [0, 0.1) is 17.8 Å². The van der Waals surface area contributed by atoms with Gasteiger partial charge in [-0.05, 0) is 30.6 Å². The zero-order valence-electron chi connectivity index (χ0n) is 42.5. The molecule has 4 atom stereocenters. The van der Waals surface area contributed by atoms with E-state index in [-0.39, 0.29) is 72.0 Å². The van der Waals surface area contributed by atoms with Crippen molar-refractivity contribution in [3.63, 3.8) is 0 Å². The van der Waals surface area contributed by atoms with Crippen molar-refractivity contribution >= 4 is 23.0 Å². The third-order valence-corrected chi connectivity index (χ3v) is 18.5. The van der Waals surface area contributed by atoms with Gasteiger partial charge in [-0.2, -0.15) is 0 Å². The molecule has 0 radical (unpaired) electrons. The number of fused-ring (bicyclic) bond motifs is 2. The second-order valence-corrected chi connectivity index (χ2v) is 22.0. The van der Waals surface area contributed by atoms with Crippen LogP contribution in [-0.4, -0.2) is 240 Å². The minimum absolute atomic E-state index is 0.0226. The first-order valence-electron chi connectivity index (χ1n) is 24.2. The number of rotatable bonds is 53. The molecule has 0 N–H and O–H groups in total. The van der Waals surface area contributed by atoms with E-state index >= 15 is 0 Å². The molecule has 1 aliphatic heterocycles. The number of ether oxygens (including phenoxy) is 15. The summed E-state index contributed by atoms with van der Waals surface area (Å²) in [6.07, 6.45) is 6.59. The van der Waals surface area contributed by atoms with Crippen molar-refractivity contribution in [2.45, 2.75) is 12.8 Å². The third kappa shape index (κ3) is 29.6. The van der Waals surface area contributed by atoms with E-state index in [2.05, 4.69) is 12.2 Å². The lowest BCUT2D eigenvalue weighted by atomic mass is 9.95. The highest BCUT2D eigenvalue weighted by molar-refractivity contribution is 7.78. The summed E-state index contributed by atoms with van der Waals surface area (Å²) in [5, 5.41) is 0. The molecule has 2 aliphatic carbocycles. The molecule has 0 spiro atoms. The monoisotopic (exact) mass is 1070 g/mol. The lowest BCUT2D eigenvalue weighted by Gasteiger charge is -2.34. The summed E-state index contributed by atoms with van der Waals surface area (Å²) in [6, 6.07) is 0. The van der Waals surface area contributed by atoms with Gasteiger partial charge < -0.3 is 98.2 Å². The van der Waals surface area contributed by atoms with Gasteiger partial charge in [-0.15, -0.1) is 13.5 Å². The van der Waals surface area contributed by atoms with Crippen LogP contribution in [0.3, 0.4) is 0 Å². The van der Waals surface area contributed by atoms with E-state index in [1.54, 1.807) is 35.5 Å². The Morgan fingerprint density at radius 2 is 0.543 bits per heavy atom. The summed E-state index contributed by atoms with van der Waals surface area (Å²) >= 11 is 0. The Morgan fingerprint density at radius 1 is 0.300 bits per heavy atom. The fourth-order valence-electron chi connectivity index (χ4n) is 6.58. The van der Waals surface area contributed by atoms with Gasteiger partial charge in [-0.3, -0.25) is 0 Å². The molecule has 1 heterocycles.